The molecular formula is C13H17FN2O. The van der Waals surface area contributed by atoms with Crippen molar-refractivity contribution in [2.24, 2.45) is 5.92 Å². The number of hydrogen-bond acceptors (Lipinski definition) is 2. The highest BCUT2D eigenvalue weighted by atomic mass is 19.1. The molecular weight excluding hydrogens is 219 g/mol. The molecule has 1 saturated carbocycles. The molecule has 0 aliphatic heterocycles. The molecule has 1 aromatic carbocycles. The maximum absolute atomic E-state index is 12.7. The van der Waals surface area contributed by atoms with E-state index in [1.54, 1.807) is 24.1 Å². The van der Waals surface area contributed by atoms with Crippen LogP contribution in [-0.4, -0.2) is 26.0 Å². The van der Waals surface area contributed by atoms with Crippen LogP contribution in [0.3, 0.4) is 0 Å². The Bertz CT molecular complexity index is 387. The Morgan fingerprint density at radius 1 is 1.41 bits per heavy atom. The third kappa shape index (κ3) is 3.53. The van der Waals surface area contributed by atoms with Crippen LogP contribution in [0.2, 0.25) is 0 Å². The molecule has 0 bridgehead atoms. The Hall–Kier alpha value is -1.42. The molecule has 1 aliphatic carbocycles. The number of benzene rings is 1. The summed E-state index contributed by atoms with van der Waals surface area (Å²) in [6.45, 7) is 1.26. The zero-order valence-electron chi connectivity index (χ0n) is 9.95. The number of nitrogens with one attached hydrogen (secondary N) is 1. The molecule has 0 unspecified atom stereocenters. The van der Waals surface area contributed by atoms with Gasteiger partial charge in [-0.3, -0.25) is 4.79 Å². The van der Waals surface area contributed by atoms with Crippen LogP contribution in [0.25, 0.3) is 0 Å². The summed E-state index contributed by atoms with van der Waals surface area (Å²) in [5.41, 5.74) is 0.713. The highest BCUT2D eigenvalue weighted by Gasteiger charge is 2.21. The van der Waals surface area contributed by atoms with Crippen LogP contribution in [0.5, 0.6) is 0 Å². The average molecular weight is 236 g/mol. The van der Waals surface area contributed by atoms with Crippen LogP contribution in [0.15, 0.2) is 24.3 Å². The summed E-state index contributed by atoms with van der Waals surface area (Å²) in [4.78, 5) is 13.3. The van der Waals surface area contributed by atoms with Gasteiger partial charge in [0.2, 0.25) is 5.91 Å². The van der Waals surface area contributed by atoms with Crippen molar-refractivity contribution in [1.29, 1.82) is 0 Å². The van der Waals surface area contributed by atoms with Crippen LogP contribution in [0, 0.1) is 11.7 Å². The molecule has 1 amide bonds. The minimum atomic E-state index is -0.290. The largest absolute Gasteiger partial charge is 0.314 e. The summed E-state index contributed by atoms with van der Waals surface area (Å²) >= 11 is 0. The lowest BCUT2D eigenvalue weighted by molar-refractivity contribution is -0.117. The van der Waals surface area contributed by atoms with Gasteiger partial charge in [0, 0.05) is 12.7 Å². The summed E-state index contributed by atoms with van der Waals surface area (Å²) in [5.74, 6) is 0.470. The number of carbonyl (C=O) groups is 1. The van der Waals surface area contributed by atoms with Crippen molar-refractivity contribution < 1.29 is 9.18 Å². The first kappa shape index (κ1) is 12.0. The van der Waals surface area contributed by atoms with E-state index < -0.39 is 0 Å². The Labute approximate surface area is 101 Å². The van der Waals surface area contributed by atoms with Gasteiger partial charge in [-0.05, 0) is 49.6 Å². The fraction of sp³-hybridized carbons (Fsp3) is 0.462. The zero-order valence-corrected chi connectivity index (χ0v) is 9.95. The van der Waals surface area contributed by atoms with Gasteiger partial charge in [0.25, 0.3) is 0 Å². The maximum Gasteiger partial charge on any atom is 0.240 e. The van der Waals surface area contributed by atoms with E-state index in [1.807, 2.05) is 0 Å². The molecule has 0 aromatic heterocycles. The summed E-state index contributed by atoms with van der Waals surface area (Å²) in [5, 5.41) is 3.14. The van der Waals surface area contributed by atoms with E-state index in [4.69, 9.17) is 0 Å². The second kappa shape index (κ2) is 5.27. The molecule has 1 aromatic rings. The van der Waals surface area contributed by atoms with Crippen molar-refractivity contribution in [2.75, 3.05) is 25.0 Å². The SMILES string of the molecule is CN(C(=O)CNCC1CC1)c1ccc(F)cc1. The molecule has 0 heterocycles. The summed E-state index contributed by atoms with van der Waals surface area (Å²) in [6.07, 6.45) is 2.55. The van der Waals surface area contributed by atoms with E-state index in [0.717, 1.165) is 12.5 Å². The lowest BCUT2D eigenvalue weighted by atomic mass is 10.3. The number of nitrogens with zero attached hydrogens (tertiary/aromatic N) is 1. The Morgan fingerprint density at radius 3 is 2.65 bits per heavy atom. The Balaban J connectivity index is 1.82. The van der Waals surface area contributed by atoms with Crippen LogP contribution in [0.1, 0.15) is 12.8 Å². The van der Waals surface area contributed by atoms with Crippen molar-refractivity contribution in [2.45, 2.75) is 12.8 Å². The molecule has 17 heavy (non-hydrogen) atoms. The van der Waals surface area contributed by atoms with E-state index in [-0.39, 0.29) is 11.7 Å². The van der Waals surface area contributed by atoms with Gasteiger partial charge < -0.3 is 10.2 Å². The Kier molecular flexibility index (Phi) is 3.74. The number of hydrogen-bond donors (Lipinski definition) is 1. The minimum absolute atomic E-state index is 0.00254. The molecule has 0 spiro atoms. The number of halogens is 1. The van der Waals surface area contributed by atoms with Crippen LogP contribution in [-0.2, 0) is 4.79 Å². The van der Waals surface area contributed by atoms with Crippen molar-refractivity contribution >= 4 is 11.6 Å². The molecule has 0 atom stereocenters. The van der Waals surface area contributed by atoms with Crippen molar-refractivity contribution in [1.82, 2.24) is 5.32 Å². The van der Waals surface area contributed by atoms with Gasteiger partial charge >= 0.3 is 0 Å². The van der Waals surface area contributed by atoms with Gasteiger partial charge in [-0.1, -0.05) is 0 Å². The molecule has 1 fully saturated rings. The molecule has 4 heteroatoms. The molecule has 1 N–H and O–H groups in total. The van der Waals surface area contributed by atoms with E-state index in [1.165, 1.54) is 25.0 Å². The number of amides is 1. The first-order chi connectivity index (χ1) is 8.16. The van der Waals surface area contributed by atoms with Gasteiger partial charge in [0.1, 0.15) is 5.82 Å². The fourth-order valence-electron chi connectivity index (χ4n) is 1.63. The molecule has 1 aliphatic rings. The second-order valence-electron chi connectivity index (χ2n) is 4.50. The lowest BCUT2D eigenvalue weighted by Crippen LogP contribution is -2.36. The van der Waals surface area contributed by atoms with Gasteiger partial charge in [0.05, 0.1) is 6.54 Å². The number of carbonyl (C=O) groups excluding carboxylic acids is 1. The predicted octanol–water partition coefficient (Wildman–Crippen LogP) is 1.79. The first-order valence-electron chi connectivity index (χ1n) is 5.89. The third-order valence-corrected chi connectivity index (χ3v) is 2.99. The highest BCUT2D eigenvalue weighted by molar-refractivity contribution is 5.94. The number of anilines is 1. The molecule has 3 nitrogen and oxygen atoms in total. The third-order valence-electron chi connectivity index (χ3n) is 2.99. The van der Waals surface area contributed by atoms with Crippen molar-refractivity contribution in [3.8, 4) is 0 Å². The minimum Gasteiger partial charge on any atom is -0.314 e. The van der Waals surface area contributed by atoms with Crippen LogP contribution in [0.4, 0.5) is 10.1 Å². The topological polar surface area (TPSA) is 32.3 Å². The summed E-state index contributed by atoms with van der Waals surface area (Å²) in [6, 6.07) is 5.93. The maximum atomic E-state index is 12.7. The smallest absolute Gasteiger partial charge is 0.240 e. The van der Waals surface area contributed by atoms with Gasteiger partial charge in [0.15, 0.2) is 0 Å². The normalized spacial score (nSPS) is 14.7. The monoisotopic (exact) mass is 236 g/mol. The molecule has 0 radical (unpaired) electrons. The number of rotatable bonds is 5. The summed E-state index contributed by atoms with van der Waals surface area (Å²) < 4.78 is 12.7. The van der Waals surface area contributed by atoms with Gasteiger partial charge in [-0.25, -0.2) is 4.39 Å². The quantitative estimate of drug-likeness (QED) is 0.845. The zero-order chi connectivity index (χ0) is 12.3. The Morgan fingerprint density at radius 2 is 2.06 bits per heavy atom. The van der Waals surface area contributed by atoms with Gasteiger partial charge in [-0.15, -0.1) is 0 Å². The molecule has 92 valence electrons. The van der Waals surface area contributed by atoms with E-state index >= 15 is 0 Å². The fourth-order valence-corrected chi connectivity index (χ4v) is 1.63. The van der Waals surface area contributed by atoms with E-state index in [0.29, 0.717) is 12.2 Å². The van der Waals surface area contributed by atoms with Crippen molar-refractivity contribution in [3.63, 3.8) is 0 Å². The van der Waals surface area contributed by atoms with Crippen LogP contribution >= 0.6 is 0 Å². The van der Waals surface area contributed by atoms with Crippen molar-refractivity contribution in [3.05, 3.63) is 30.1 Å². The standard InChI is InChI=1S/C13H17FN2O/c1-16(12-6-4-11(14)5-7-12)13(17)9-15-8-10-2-3-10/h4-7,10,15H,2-3,8-9H2,1H3. The van der Waals surface area contributed by atoms with E-state index in [9.17, 15) is 9.18 Å². The molecule has 0 saturated heterocycles. The average Bonchev–Trinajstić information content (AvgIpc) is 3.13. The summed E-state index contributed by atoms with van der Waals surface area (Å²) in [7, 11) is 1.70. The number of likely N-dealkylation sites (N-methyl/N-ethyl adjacent to an activating group) is 1. The lowest BCUT2D eigenvalue weighted by Gasteiger charge is -2.17. The first-order valence-corrected chi connectivity index (χ1v) is 5.89. The predicted molar refractivity (Wildman–Crippen MR) is 65.4 cm³/mol. The van der Waals surface area contributed by atoms with E-state index in [2.05, 4.69) is 5.32 Å². The highest BCUT2D eigenvalue weighted by Crippen LogP contribution is 2.27. The molecule has 2 rings (SSSR count). The van der Waals surface area contributed by atoms with Gasteiger partial charge in [-0.2, -0.15) is 0 Å². The van der Waals surface area contributed by atoms with Crippen LogP contribution < -0.4 is 10.2 Å². The second-order valence-corrected chi connectivity index (χ2v) is 4.50.